The van der Waals surface area contributed by atoms with Gasteiger partial charge in [-0.2, -0.15) is 0 Å². The van der Waals surface area contributed by atoms with Crippen molar-refractivity contribution in [2.75, 3.05) is 19.6 Å². The molecule has 2 aromatic rings. The van der Waals surface area contributed by atoms with Gasteiger partial charge in [0.25, 0.3) is 5.91 Å². The Labute approximate surface area is 161 Å². The third-order valence-electron chi connectivity index (χ3n) is 4.40. The van der Waals surface area contributed by atoms with Crippen LogP contribution >= 0.6 is 24.8 Å². The first-order valence-corrected chi connectivity index (χ1v) is 8.26. The highest BCUT2D eigenvalue weighted by Gasteiger charge is 2.15. The van der Waals surface area contributed by atoms with Crippen LogP contribution in [0.15, 0.2) is 42.5 Å². The standard InChI is InChI=1S/C19H23N3O.2ClH/c1-14-17(19(23)21-12-10-15-9-11-20-13-15)7-8-18(22-14)16-5-3-2-4-6-16;;/h2-8,15,20H,9-13H2,1H3,(H,21,23);2*1H. The molecule has 25 heavy (non-hydrogen) atoms. The molecule has 1 amide bonds. The molecule has 1 aromatic carbocycles. The Morgan fingerprint density at radius 2 is 1.96 bits per heavy atom. The molecule has 6 heteroatoms. The van der Waals surface area contributed by atoms with Gasteiger partial charge in [-0.15, -0.1) is 24.8 Å². The highest BCUT2D eigenvalue weighted by Crippen LogP contribution is 2.18. The predicted octanol–water partition coefficient (Wildman–Crippen LogP) is 3.63. The van der Waals surface area contributed by atoms with Crippen molar-refractivity contribution in [3.05, 3.63) is 53.7 Å². The first-order valence-electron chi connectivity index (χ1n) is 8.26. The number of aryl methyl sites for hydroxylation is 1. The first kappa shape index (κ1) is 21.4. The number of pyridine rings is 1. The molecule has 2 N–H and O–H groups in total. The lowest BCUT2D eigenvalue weighted by Crippen LogP contribution is -2.27. The van der Waals surface area contributed by atoms with E-state index < -0.39 is 0 Å². The van der Waals surface area contributed by atoms with Gasteiger partial charge in [-0.05, 0) is 50.9 Å². The number of aromatic nitrogens is 1. The largest absolute Gasteiger partial charge is 0.352 e. The number of amides is 1. The van der Waals surface area contributed by atoms with E-state index in [1.807, 2.05) is 49.4 Å². The summed E-state index contributed by atoms with van der Waals surface area (Å²) >= 11 is 0. The lowest BCUT2D eigenvalue weighted by molar-refractivity contribution is 0.0950. The number of hydrogen-bond donors (Lipinski definition) is 2. The van der Waals surface area contributed by atoms with Crippen LogP contribution in [-0.4, -0.2) is 30.5 Å². The maximum atomic E-state index is 12.3. The number of carbonyl (C=O) groups is 1. The third kappa shape index (κ3) is 5.70. The second-order valence-electron chi connectivity index (χ2n) is 6.10. The van der Waals surface area contributed by atoms with Crippen molar-refractivity contribution in [3.8, 4) is 11.3 Å². The van der Waals surface area contributed by atoms with Crippen LogP contribution in [0.4, 0.5) is 0 Å². The van der Waals surface area contributed by atoms with Gasteiger partial charge in [0.2, 0.25) is 0 Å². The zero-order chi connectivity index (χ0) is 16.1. The summed E-state index contributed by atoms with van der Waals surface area (Å²) in [5.74, 6) is 0.663. The summed E-state index contributed by atoms with van der Waals surface area (Å²) < 4.78 is 0. The third-order valence-corrected chi connectivity index (χ3v) is 4.40. The molecule has 0 spiro atoms. The summed E-state index contributed by atoms with van der Waals surface area (Å²) in [6.07, 6.45) is 2.25. The van der Waals surface area contributed by atoms with Gasteiger partial charge in [0.15, 0.2) is 0 Å². The van der Waals surface area contributed by atoms with Crippen LogP contribution < -0.4 is 10.6 Å². The van der Waals surface area contributed by atoms with E-state index in [0.717, 1.165) is 43.0 Å². The average Bonchev–Trinajstić information content (AvgIpc) is 3.09. The molecule has 1 saturated heterocycles. The maximum absolute atomic E-state index is 12.3. The molecule has 1 aliphatic heterocycles. The van der Waals surface area contributed by atoms with E-state index in [4.69, 9.17) is 0 Å². The van der Waals surface area contributed by atoms with E-state index in [2.05, 4.69) is 15.6 Å². The molecule has 1 unspecified atom stereocenters. The molecule has 3 rings (SSSR count). The summed E-state index contributed by atoms with van der Waals surface area (Å²) in [6, 6.07) is 13.8. The summed E-state index contributed by atoms with van der Waals surface area (Å²) in [5, 5.41) is 6.37. The zero-order valence-electron chi connectivity index (χ0n) is 14.3. The van der Waals surface area contributed by atoms with Gasteiger partial charge >= 0.3 is 0 Å². The van der Waals surface area contributed by atoms with Gasteiger partial charge in [-0.25, -0.2) is 0 Å². The number of nitrogens with one attached hydrogen (secondary N) is 2. The van der Waals surface area contributed by atoms with E-state index in [1.54, 1.807) is 0 Å². The summed E-state index contributed by atoms with van der Waals surface area (Å²) in [5.41, 5.74) is 3.40. The number of rotatable bonds is 5. The Kier molecular flexibility index (Phi) is 8.90. The smallest absolute Gasteiger partial charge is 0.253 e. The molecule has 4 nitrogen and oxygen atoms in total. The maximum Gasteiger partial charge on any atom is 0.253 e. The van der Waals surface area contributed by atoms with Crippen molar-refractivity contribution in [3.63, 3.8) is 0 Å². The minimum Gasteiger partial charge on any atom is -0.352 e. The number of hydrogen-bond acceptors (Lipinski definition) is 3. The fraction of sp³-hybridized carbons (Fsp3) is 0.368. The van der Waals surface area contributed by atoms with Crippen LogP contribution in [-0.2, 0) is 0 Å². The van der Waals surface area contributed by atoms with E-state index in [-0.39, 0.29) is 30.7 Å². The van der Waals surface area contributed by atoms with E-state index >= 15 is 0 Å². The lowest BCUT2D eigenvalue weighted by Gasteiger charge is -2.11. The van der Waals surface area contributed by atoms with Crippen molar-refractivity contribution in [1.82, 2.24) is 15.6 Å². The summed E-state index contributed by atoms with van der Waals surface area (Å²) in [7, 11) is 0. The summed E-state index contributed by atoms with van der Waals surface area (Å²) in [6.45, 7) is 4.79. The van der Waals surface area contributed by atoms with Crippen molar-refractivity contribution in [1.29, 1.82) is 0 Å². The molecule has 0 saturated carbocycles. The van der Waals surface area contributed by atoms with Gasteiger partial charge in [0, 0.05) is 12.1 Å². The van der Waals surface area contributed by atoms with Gasteiger partial charge in [-0.1, -0.05) is 30.3 Å². The van der Waals surface area contributed by atoms with Crippen molar-refractivity contribution in [2.24, 2.45) is 5.92 Å². The van der Waals surface area contributed by atoms with Crippen LogP contribution in [0.5, 0.6) is 0 Å². The number of nitrogens with zero attached hydrogens (tertiary/aromatic N) is 1. The van der Waals surface area contributed by atoms with E-state index in [1.165, 1.54) is 6.42 Å². The monoisotopic (exact) mass is 381 g/mol. The van der Waals surface area contributed by atoms with E-state index in [9.17, 15) is 4.79 Å². The molecule has 136 valence electrons. The molecular formula is C19H25Cl2N3O. The Hall–Kier alpha value is -1.62. The number of benzene rings is 1. The topological polar surface area (TPSA) is 54.0 Å². The Balaban J connectivity index is 0.00000156. The highest BCUT2D eigenvalue weighted by atomic mass is 35.5. The fourth-order valence-electron chi connectivity index (χ4n) is 3.02. The minimum atomic E-state index is -0.0273. The van der Waals surface area contributed by atoms with Crippen molar-refractivity contribution in [2.45, 2.75) is 19.8 Å². The van der Waals surface area contributed by atoms with Crippen LogP contribution in [0.3, 0.4) is 0 Å². The second-order valence-corrected chi connectivity index (χ2v) is 6.10. The first-order chi connectivity index (χ1) is 11.2. The minimum absolute atomic E-state index is 0. The van der Waals surface area contributed by atoms with Crippen LogP contribution in [0.25, 0.3) is 11.3 Å². The number of carbonyl (C=O) groups excluding carboxylic acids is 1. The molecule has 2 heterocycles. The van der Waals surface area contributed by atoms with Crippen LogP contribution in [0, 0.1) is 12.8 Å². The lowest BCUT2D eigenvalue weighted by atomic mass is 10.0. The molecular weight excluding hydrogens is 357 g/mol. The van der Waals surface area contributed by atoms with Gasteiger partial charge in [-0.3, -0.25) is 9.78 Å². The average molecular weight is 382 g/mol. The van der Waals surface area contributed by atoms with Gasteiger partial charge in [0.05, 0.1) is 17.0 Å². The molecule has 1 atom stereocenters. The summed E-state index contributed by atoms with van der Waals surface area (Å²) in [4.78, 5) is 16.9. The predicted molar refractivity (Wildman–Crippen MR) is 107 cm³/mol. The molecule has 1 aromatic heterocycles. The Morgan fingerprint density at radius 1 is 1.20 bits per heavy atom. The Morgan fingerprint density at radius 3 is 2.60 bits per heavy atom. The number of halogens is 2. The highest BCUT2D eigenvalue weighted by molar-refractivity contribution is 5.95. The molecule has 1 aliphatic rings. The van der Waals surface area contributed by atoms with E-state index in [0.29, 0.717) is 11.5 Å². The molecule has 0 radical (unpaired) electrons. The van der Waals surface area contributed by atoms with Gasteiger partial charge < -0.3 is 10.6 Å². The SMILES string of the molecule is Cc1nc(-c2ccccc2)ccc1C(=O)NCCC1CCNC1.Cl.Cl. The molecule has 0 aliphatic carbocycles. The van der Waals surface area contributed by atoms with Crippen molar-refractivity contribution >= 4 is 30.7 Å². The second kappa shape index (κ2) is 10.4. The van der Waals surface area contributed by atoms with Crippen LogP contribution in [0.1, 0.15) is 28.9 Å². The van der Waals surface area contributed by atoms with Gasteiger partial charge in [0.1, 0.15) is 0 Å². The zero-order valence-corrected chi connectivity index (χ0v) is 16.0. The molecule has 0 bridgehead atoms. The van der Waals surface area contributed by atoms with Crippen LogP contribution in [0.2, 0.25) is 0 Å². The normalized spacial score (nSPS) is 15.8. The fourth-order valence-corrected chi connectivity index (χ4v) is 3.02. The quantitative estimate of drug-likeness (QED) is 0.831. The molecule has 1 fully saturated rings. The van der Waals surface area contributed by atoms with Crippen molar-refractivity contribution < 1.29 is 4.79 Å². The Bertz CT molecular complexity index is 674.